The number of dihydropyridines is 1. The van der Waals surface area contributed by atoms with Gasteiger partial charge in [-0.2, -0.15) is 0 Å². The van der Waals surface area contributed by atoms with Crippen molar-refractivity contribution in [1.82, 2.24) is 15.5 Å². The number of carbonyl (C=O) groups is 3. The number of nitrogens with one attached hydrogen (secondary N) is 2. The first-order valence-electron chi connectivity index (χ1n) is 27.3. The number of aldehydes is 1. The van der Waals surface area contributed by atoms with Gasteiger partial charge < -0.3 is 60.4 Å². The van der Waals surface area contributed by atoms with Crippen molar-refractivity contribution < 1.29 is 48.7 Å². The summed E-state index contributed by atoms with van der Waals surface area (Å²) in [5.41, 5.74) is 7.70. The number of fused-ring (bicyclic) bond motifs is 5. The molecule has 5 heterocycles. The predicted octanol–water partition coefficient (Wildman–Crippen LogP) is 5.94. The summed E-state index contributed by atoms with van der Waals surface area (Å²) in [4.78, 5) is 58.5. The van der Waals surface area contributed by atoms with Gasteiger partial charge in [0.2, 0.25) is 5.91 Å². The van der Waals surface area contributed by atoms with E-state index in [1.807, 2.05) is 66.6 Å². The number of allylic oxidation sites excluding steroid dienone is 2. The van der Waals surface area contributed by atoms with Crippen LogP contribution in [0.1, 0.15) is 94.7 Å². The SMILES string of the molecule is C/C=C(\CCO)C(=O)O[C@]1(C)[C@@H](CO)C=C2CSS[C@@H]3C[C@H](C=O)[C@H](NC)[C@H]4CN(C(=O)CC5=C(C=C(N)NC5)[C@H]2[C@]12Cc1cc5cc(C6([C@H](CO)CC[C@H](O)Cc7ccccc7)CCCCC6)c(=O)oc5cc1O2)[C@H]43. The highest BCUT2D eigenvalue weighted by atomic mass is 33.1. The molecule has 0 unspecified atom stereocenters. The van der Waals surface area contributed by atoms with Crippen molar-refractivity contribution in [3.8, 4) is 5.75 Å². The Morgan fingerprint density at radius 2 is 1.88 bits per heavy atom. The molecule has 3 fully saturated rings. The lowest BCUT2D eigenvalue weighted by Gasteiger charge is -2.59. The van der Waals surface area contributed by atoms with Crippen LogP contribution in [-0.4, -0.2) is 124 Å². The maximum absolute atomic E-state index is 14.8. The Morgan fingerprint density at radius 3 is 2.59 bits per heavy atom. The number of aliphatic hydroxyl groups excluding tert-OH is 4. The van der Waals surface area contributed by atoms with Crippen LogP contribution in [0.4, 0.5) is 0 Å². The predicted molar refractivity (Wildman–Crippen MR) is 294 cm³/mol. The van der Waals surface area contributed by atoms with E-state index in [2.05, 4.69) is 10.6 Å². The van der Waals surface area contributed by atoms with Gasteiger partial charge in [-0.25, -0.2) is 9.59 Å². The maximum atomic E-state index is 14.8. The lowest BCUT2D eigenvalue weighted by molar-refractivity contribution is -0.202. The second kappa shape index (κ2) is 22.5. The van der Waals surface area contributed by atoms with Crippen LogP contribution in [0.15, 0.2) is 104 Å². The number of ether oxygens (including phenoxy) is 2. The van der Waals surface area contributed by atoms with Crippen molar-refractivity contribution in [2.45, 2.75) is 131 Å². The number of amides is 1. The number of nitrogens with zero attached hydrogens (tertiary/aromatic N) is 1. The second-order valence-corrected chi connectivity index (χ2v) is 25.1. The molecular weight excluding hydrogens is 1000 g/mol. The van der Waals surface area contributed by atoms with Crippen LogP contribution < -0.4 is 26.7 Å². The molecule has 11 atom stereocenters. The monoisotopic (exact) mass is 1080 g/mol. The third-order valence-corrected chi connectivity index (χ3v) is 21.4. The van der Waals surface area contributed by atoms with Gasteiger partial charge in [-0.3, -0.25) is 4.79 Å². The van der Waals surface area contributed by atoms with Crippen molar-refractivity contribution in [2.75, 3.05) is 45.7 Å². The Kier molecular flexibility index (Phi) is 16.1. The van der Waals surface area contributed by atoms with E-state index in [4.69, 9.17) is 19.6 Å². The highest BCUT2D eigenvalue weighted by Gasteiger charge is 2.67. The molecule has 2 aromatic carbocycles. The first-order valence-corrected chi connectivity index (χ1v) is 29.7. The third kappa shape index (κ3) is 9.67. The molecule has 2 saturated carbocycles. The van der Waals surface area contributed by atoms with E-state index in [1.165, 1.54) is 0 Å². The summed E-state index contributed by atoms with van der Waals surface area (Å²) >= 11 is 0. The number of esters is 1. The van der Waals surface area contributed by atoms with E-state index in [0.717, 1.165) is 53.4 Å². The zero-order valence-electron chi connectivity index (χ0n) is 43.8. The quantitative estimate of drug-likeness (QED) is 0.0233. The Hall–Kier alpha value is -4.88. The lowest BCUT2D eigenvalue weighted by atomic mass is 9.57. The Labute approximate surface area is 452 Å². The zero-order valence-corrected chi connectivity index (χ0v) is 45.5. The van der Waals surface area contributed by atoms with Crippen LogP contribution in [0, 0.1) is 29.6 Å². The molecule has 4 aliphatic heterocycles. The van der Waals surface area contributed by atoms with Crippen LogP contribution in [0.25, 0.3) is 11.0 Å². The summed E-state index contributed by atoms with van der Waals surface area (Å²) < 4.78 is 20.7. The Bertz CT molecular complexity index is 2880. The molecular formula is C59H74N4O11S2. The highest BCUT2D eigenvalue weighted by molar-refractivity contribution is 8.77. The van der Waals surface area contributed by atoms with Gasteiger partial charge in [0.05, 0.1) is 36.9 Å². The van der Waals surface area contributed by atoms with E-state index in [0.29, 0.717) is 78.9 Å². The van der Waals surface area contributed by atoms with Gasteiger partial charge in [-0.05, 0) is 106 Å². The third-order valence-electron chi connectivity index (χ3n) is 18.6. The summed E-state index contributed by atoms with van der Waals surface area (Å²) in [5, 5.41) is 51.3. The fraction of sp³-hybridized carbons (Fsp3) is 0.559. The largest absolute Gasteiger partial charge is 0.481 e. The molecule has 15 nitrogen and oxygen atoms in total. The number of hydrogen-bond donors (Lipinski definition) is 7. The van der Waals surface area contributed by atoms with Crippen molar-refractivity contribution >= 4 is 50.7 Å². The van der Waals surface area contributed by atoms with Gasteiger partial charge in [-0.15, -0.1) is 0 Å². The smallest absolute Gasteiger partial charge is 0.340 e. The van der Waals surface area contributed by atoms with Crippen LogP contribution in [0.2, 0.25) is 0 Å². The van der Waals surface area contributed by atoms with E-state index in [9.17, 15) is 39.6 Å². The van der Waals surface area contributed by atoms with Crippen LogP contribution in [0.5, 0.6) is 5.75 Å². The van der Waals surface area contributed by atoms with Crippen LogP contribution in [-0.2, 0) is 37.4 Å². The van der Waals surface area contributed by atoms with E-state index in [1.54, 1.807) is 47.6 Å². The average Bonchev–Trinajstić information content (AvgIpc) is 3.89. The number of nitrogens with two attached hydrogens (primary N) is 1. The fourth-order valence-corrected chi connectivity index (χ4v) is 17.7. The number of aliphatic hydroxyl groups is 4. The topological polar surface area (TPSA) is 234 Å². The molecule has 3 aromatic rings. The molecule has 76 heavy (non-hydrogen) atoms. The first kappa shape index (κ1) is 54.5. The highest BCUT2D eigenvalue weighted by Crippen LogP contribution is 2.60. The van der Waals surface area contributed by atoms with Crippen LogP contribution >= 0.6 is 21.6 Å². The minimum absolute atomic E-state index is 0.0202. The minimum atomic E-state index is -1.61. The number of benzene rings is 2. The standard InChI is InChI=1S/C59H74N4O11S2/c1-4-35(15-18-64)55(70)74-57(2)42(32-67)21-40-33-75-76-49-23-39(30-65)53(61-3)45-29-63(54(45)49)51(69)24-38-28-62-50(60)25-44(38)52(40)59(57)27-37-20-36-22-46(56(71)72-47(36)26-48(37)73-59)58(16-9-6-10-17-58)41(31-66)13-14-43(68)19-34-11-7-5-8-12-34/h4-5,7-8,11-12,20-22,25-26,30,39,41-43,45,49,52-54,61-62,64,66-68H,6,9-10,13-19,23-24,27-29,31-33,60H2,1-3H3/b35-4+/t39-,41+,42-,43+,45-,49-,52+,53+,54-,57-,59-/m1/s1. The summed E-state index contributed by atoms with van der Waals surface area (Å²) in [6.45, 7) is 3.46. The molecule has 1 spiro atoms. The molecule has 7 aliphatic rings. The van der Waals surface area contributed by atoms with Crippen molar-refractivity contribution in [1.29, 1.82) is 0 Å². The fourth-order valence-electron chi connectivity index (χ4n) is 14.6. The second-order valence-electron chi connectivity index (χ2n) is 22.5. The van der Waals surface area contributed by atoms with Gasteiger partial charge >= 0.3 is 11.6 Å². The average molecular weight is 1080 g/mol. The van der Waals surface area contributed by atoms with E-state index < -0.39 is 52.8 Å². The molecule has 408 valence electrons. The van der Waals surface area contributed by atoms with Gasteiger partial charge in [0.25, 0.3) is 0 Å². The van der Waals surface area contributed by atoms with Crippen LogP contribution in [0.3, 0.4) is 0 Å². The summed E-state index contributed by atoms with van der Waals surface area (Å²) in [5.74, 6) is -1.35. The van der Waals surface area contributed by atoms with Gasteiger partial charge in [0, 0.05) is 102 Å². The van der Waals surface area contributed by atoms with Crippen molar-refractivity contribution in [2.24, 2.45) is 35.3 Å². The molecule has 1 saturated heterocycles. The zero-order chi connectivity index (χ0) is 53.5. The number of hydrogen-bond acceptors (Lipinski definition) is 16. The maximum Gasteiger partial charge on any atom is 0.340 e. The minimum Gasteiger partial charge on any atom is -0.481 e. The molecule has 3 aliphatic carbocycles. The number of carbonyl (C=O) groups excluding carboxylic acids is 3. The number of rotatable bonds is 15. The molecule has 1 aromatic heterocycles. The van der Waals surface area contributed by atoms with Crippen molar-refractivity contribution in [3.05, 3.63) is 122 Å². The summed E-state index contributed by atoms with van der Waals surface area (Å²) in [6.07, 6.45) is 12.4. The summed E-state index contributed by atoms with van der Waals surface area (Å²) in [6, 6.07) is 15.4. The summed E-state index contributed by atoms with van der Waals surface area (Å²) in [7, 11) is 5.21. The lowest BCUT2D eigenvalue weighted by Crippen LogP contribution is -2.71. The normalized spacial score (nSPS) is 30.9. The first-order chi connectivity index (χ1) is 36.7. The Balaban J connectivity index is 1.08. The van der Waals surface area contributed by atoms with Gasteiger partial charge in [-0.1, -0.05) is 88.9 Å². The molecule has 0 bridgehead atoms. The molecule has 8 N–H and O–H groups in total. The molecule has 17 heteroatoms. The molecule has 1 amide bonds. The van der Waals surface area contributed by atoms with E-state index in [-0.39, 0.29) is 85.6 Å². The van der Waals surface area contributed by atoms with Gasteiger partial charge in [0.15, 0.2) is 11.2 Å². The van der Waals surface area contributed by atoms with Crippen molar-refractivity contribution in [3.63, 3.8) is 0 Å². The van der Waals surface area contributed by atoms with Gasteiger partial charge in [0.1, 0.15) is 17.6 Å². The Morgan fingerprint density at radius 1 is 1.09 bits per heavy atom. The van der Waals surface area contributed by atoms with E-state index >= 15 is 0 Å². The molecule has 0 radical (unpaired) electrons. The molecule has 10 rings (SSSR count).